The van der Waals surface area contributed by atoms with Gasteiger partial charge >= 0.3 is 0 Å². The van der Waals surface area contributed by atoms with Gasteiger partial charge in [0.05, 0.1) is 18.6 Å². The molecule has 1 aliphatic heterocycles. The van der Waals surface area contributed by atoms with Gasteiger partial charge in [0.1, 0.15) is 0 Å². The first-order valence-electron chi connectivity index (χ1n) is 6.85. The summed E-state index contributed by atoms with van der Waals surface area (Å²) >= 11 is 0. The van der Waals surface area contributed by atoms with Crippen LogP contribution in [0, 0.1) is 5.82 Å². The standard InChI is InChI=1S/C15H20FNO3/c1-15(19)8-4-9-17(11-15)14(18)7-10-20-13-6-3-2-5-12(13)16/h2-3,5-6,19H,4,7-11H2,1H3. The molecule has 1 fully saturated rings. The second kappa shape index (κ2) is 6.22. The van der Waals surface area contributed by atoms with Gasteiger partial charge in [-0.05, 0) is 31.9 Å². The number of β-amino-alcohol motifs (C(OH)–C–C–N with tert-alkyl or cyclic N) is 1. The lowest BCUT2D eigenvalue weighted by Crippen LogP contribution is -2.48. The van der Waals surface area contributed by atoms with Gasteiger partial charge in [0.2, 0.25) is 5.91 Å². The number of amides is 1. The van der Waals surface area contributed by atoms with Crippen molar-refractivity contribution in [2.75, 3.05) is 19.7 Å². The van der Waals surface area contributed by atoms with E-state index >= 15 is 0 Å². The molecule has 1 atom stereocenters. The van der Waals surface area contributed by atoms with Gasteiger partial charge in [0.15, 0.2) is 11.6 Å². The summed E-state index contributed by atoms with van der Waals surface area (Å²) in [7, 11) is 0. The number of nitrogens with zero attached hydrogens (tertiary/aromatic N) is 1. The molecule has 0 saturated carbocycles. The molecule has 1 aromatic carbocycles. The molecule has 0 spiro atoms. The largest absolute Gasteiger partial charge is 0.490 e. The third kappa shape index (κ3) is 3.93. The molecule has 1 N–H and O–H groups in total. The highest BCUT2D eigenvalue weighted by Gasteiger charge is 2.30. The highest BCUT2D eigenvalue weighted by molar-refractivity contribution is 5.76. The predicted octanol–water partition coefficient (Wildman–Crippen LogP) is 1.97. The maximum Gasteiger partial charge on any atom is 0.226 e. The molecule has 0 aromatic heterocycles. The van der Waals surface area contributed by atoms with Crippen molar-refractivity contribution in [2.24, 2.45) is 0 Å². The van der Waals surface area contributed by atoms with Crippen LogP contribution < -0.4 is 4.74 Å². The number of carbonyl (C=O) groups is 1. The molecule has 0 radical (unpaired) electrons. The summed E-state index contributed by atoms with van der Waals surface area (Å²) in [6.45, 7) is 2.89. The van der Waals surface area contributed by atoms with E-state index in [1.54, 1.807) is 24.0 Å². The van der Waals surface area contributed by atoms with Gasteiger partial charge in [0, 0.05) is 13.1 Å². The highest BCUT2D eigenvalue weighted by atomic mass is 19.1. The van der Waals surface area contributed by atoms with Crippen LogP contribution in [-0.2, 0) is 4.79 Å². The number of hydrogen-bond donors (Lipinski definition) is 1. The van der Waals surface area contributed by atoms with E-state index in [2.05, 4.69) is 0 Å². The third-order valence-electron chi connectivity index (χ3n) is 3.44. The van der Waals surface area contributed by atoms with Crippen molar-refractivity contribution in [3.05, 3.63) is 30.1 Å². The third-order valence-corrected chi connectivity index (χ3v) is 3.44. The van der Waals surface area contributed by atoms with E-state index < -0.39 is 11.4 Å². The molecule has 4 nitrogen and oxygen atoms in total. The molecule has 1 aliphatic rings. The minimum Gasteiger partial charge on any atom is -0.490 e. The Labute approximate surface area is 118 Å². The molecule has 1 heterocycles. The van der Waals surface area contributed by atoms with E-state index in [-0.39, 0.29) is 24.7 Å². The monoisotopic (exact) mass is 281 g/mol. The average Bonchev–Trinajstić information content (AvgIpc) is 2.39. The van der Waals surface area contributed by atoms with Crippen LogP contribution in [0.2, 0.25) is 0 Å². The second-order valence-electron chi connectivity index (χ2n) is 5.44. The van der Waals surface area contributed by atoms with Crippen molar-refractivity contribution in [3.8, 4) is 5.75 Å². The van der Waals surface area contributed by atoms with E-state index in [9.17, 15) is 14.3 Å². The van der Waals surface area contributed by atoms with Crippen LogP contribution in [0.1, 0.15) is 26.2 Å². The van der Waals surface area contributed by atoms with E-state index in [1.165, 1.54) is 12.1 Å². The zero-order chi connectivity index (χ0) is 14.6. The summed E-state index contributed by atoms with van der Waals surface area (Å²) in [4.78, 5) is 13.6. The number of benzene rings is 1. The SMILES string of the molecule is CC1(O)CCCN(C(=O)CCOc2ccccc2F)C1. The van der Waals surface area contributed by atoms with Gasteiger partial charge in [-0.25, -0.2) is 4.39 Å². The second-order valence-corrected chi connectivity index (χ2v) is 5.44. The van der Waals surface area contributed by atoms with Gasteiger partial charge in [-0.1, -0.05) is 12.1 Å². The molecule has 110 valence electrons. The van der Waals surface area contributed by atoms with E-state index in [4.69, 9.17) is 4.74 Å². The number of halogens is 1. The summed E-state index contributed by atoms with van der Waals surface area (Å²) in [5.41, 5.74) is -0.805. The normalized spacial score (nSPS) is 22.6. The van der Waals surface area contributed by atoms with Crippen molar-refractivity contribution < 1.29 is 19.0 Å². The quantitative estimate of drug-likeness (QED) is 0.918. The molecule has 0 aliphatic carbocycles. The first kappa shape index (κ1) is 14.8. The molecule has 1 amide bonds. The molecular weight excluding hydrogens is 261 g/mol. The Morgan fingerprint density at radius 3 is 2.95 bits per heavy atom. The minimum absolute atomic E-state index is 0.0682. The van der Waals surface area contributed by atoms with Gasteiger partial charge in [0.25, 0.3) is 0 Å². The van der Waals surface area contributed by atoms with Gasteiger partial charge in [-0.2, -0.15) is 0 Å². The van der Waals surface area contributed by atoms with Crippen LogP contribution in [0.5, 0.6) is 5.75 Å². The Bertz CT molecular complexity index is 476. The minimum atomic E-state index is -0.805. The number of piperidine rings is 1. The molecule has 0 bridgehead atoms. The molecule has 1 saturated heterocycles. The van der Waals surface area contributed by atoms with E-state index in [0.29, 0.717) is 19.5 Å². The predicted molar refractivity (Wildman–Crippen MR) is 72.9 cm³/mol. The summed E-state index contributed by atoms with van der Waals surface area (Å²) in [5, 5.41) is 9.96. The molecule has 5 heteroatoms. The zero-order valence-corrected chi connectivity index (χ0v) is 11.6. The fraction of sp³-hybridized carbons (Fsp3) is 0.533. The number of carbonyl (C=O) groups excluding carboxylic acids is 1. The van der Waals surface area contributed by atoms with Crippen molar-refractivity contribution in [3.63, 3.8) is 0 Å². The van der Waals surface area contributed by atoms with E-state index in [1.807, 2.05) is 0 Å². The van der Waals surface area contributed by atoms with Crippen molar-refractivity contribution in [2.45, 2.75) is 31.8 Å². The zero-order valence-electron chi connectivity index (χ0n) is 11.6. The van der Waals surface area contributed by atoms with Crippen LogP contribution in [0.25, 0.3) is 0 Å². The Morgan fingerprint density at radius 1 is 1.50 bits per heavy atom. The number of para-hydroxylation sites is 1. The molecular formula is C15H20FNO3. The maximum absolute atomic E-state index is 13.3. The fourth-order valence-electron chi connectivity index (χ4n) is 2.40. The lowest BCUT2D eigenvalue weighted by Gasteiger charge is -2.36. The van der Waals surface area contributed by atoms with Gasteiger partial charge in [-0.15, -0.1) is 0 Å². The Morgan fingerprint density at radius 2 is 2.25 bits per heavy atom. The Hall–Kier alpha value is -1.62. The van der Waals surface area contributed by atoms with Crippen LogP contribution in [0.15, 0.2) is 24.3 Å². The number of hydrogen-bond acceptors (Lipinski definition) is 3. The van der Waals surface area contributed by atoms with Crippen molar-refractivity contribution in [1.82, 2.24) is 4.90 Å². The Balaban J connectivity index is 1.79. The number of rotatable bonds is 4. The lowest BCUT2D eigenvalue weighted by atomic mass is 9.95. The fourth-order valence-corrected chi connectivity index (χ4v) is 2.40. The smallest absolute Gasteiger partial charge is 0.226 e. The van der Waals surface area contributed by atoms with Gasteiger partial charge in [-0.3, -0.25) is 4.79 Å². The van der Waals surface area contributed by atoms with Gasteiger partial charge < -0.3 is 14.7 Å². The molecule has 20 heavy (non-hydrogen) atoms. The number of ether oxygens (including phenoxy) is 1. The average molecular weight is 281 g/mol. The van der Waals surface area contributed by atoms with Crippen LogP contribution >= 0.6 is 0 Å². The topological polar surface area (TPSA) is 49.8 Å². The van der Waals surface area contributed by atoms with E-state index in [0.717, 1.165) is 6.42 Å². The van der Waals surface area contributed by atoms with Crippen molar-refractivity contribution >= 4 is 5.91 Å². The first-order valence-corrected chi connectivity index (χ1v) is 6.85. The van der Waals surface area contributed by atoms with Crippen LogP contribution in [-0.4, -0.2) is 41.2 Å². The highest BCUT2D eigenvalue weighted by Crippen LogP contribution is 2.21. The summed E-state index contributed by atoms with van der Waals surface area (Å²) < 4.78 is 18.6. The lowest BCUT2D eigenvalue weighted by molar-refractivity contribution is -0.138. The number of likely N-dealkylation sites (tertiary alicyclic amines) is 1. The van der Waals surface area contributed by atoms with Crippen molar-refractivity contribution in [1.29, 1.82) is 0 Å². The summed E-state index contributed by atoms with van der Waals surface area (Å²) in [5.74, 6) is -0.340. The number of aliphatic hydroxyl groups is 1. The van der Waals surface area contributed by atoms with Crippen LogP contribution in [0.4, 0.5) is 4.39 Å². The molecule has 1 unspecified atom stereocenters. The molecule has 1 aromatic rings. The Kier molecular flexibility index (Phi) is 4.60. The molecule has 2 rings (SSSR count). The first-order chi connectivity index (χ1) is 9.48. The maximum atomic E-state index is 13.3. The summed E-state index contributed by atoms with van der Waals surface area (Å²) in [6, 6.07) is 6.12. The van der Waals surface area contributed by atoms with Crippen LogP contribution in [0.3, 0.4) is 0 Å². The summed E-state index contributed by atoms with van der Waals surface area (Å²) in [6.07, 6.45) is 1.69.